The highest BCUT2D eigenvalue weighted by Gasteiger charge is 2.19. The summed E-state index contributed by atoms with van der Waals surface area (Å²) in [5, 5.41) is 6.99. The van der Waals surface area contributed by atoms with Crippen molar-refractivity contribution in [3.8, 4) is 0 Å². The van der Waals surface area contributed by atoms with Gasteiger partial charge in [-0.25, -0.2) is 0 Å². The average molecular weight is 294 g/mol. The fraction of sp³-hybridized carbons (Fsp3) is 0.824. The van der Waals surface area contributed by atoms with E-state index in [0.29, 0.717) is 12.0 Å². The molecule has 0 aromatic rings. The van der Waals surface area contributed by atoms with Crippen LogP contribution in [-0.2, 0) is 0 Å². The Bertz CT molecular complexity index is 302. The van der Waals surface area contributed by atoms with Crippen molar-refractivity contribution in [2.45, 2.75) is 52.5 Å². The van der Waals surface area contributed by atoms with Gasteiger partial charge in [-0.15, -0.1) is 6.58 Å². The molecule has 4 heteroatoms. The van der Waals surface area contributed by atoms with E-state index in [1.807, 2.05) is 6.08 Å². The summed E-state index contributed by atoms with van der Waals surface area (Å²) in [4.78, 5) is 7.23. The number of guanidine groups is 1. The van der Waals surface area contributed by atoms with E-state index in [4.69, 9.17) is 4.99 Å². The standard InChI is InChI=1S/C17H34N4/c1-5-11-21-12-9-16(10-13-21)20-17(18-8-4)19-14-15(6-2)7-3/h5,15-16H,1,6-14H2,2-4H3,(H2,18,19,20). The van der Waals surface area contributed by atoms with Crippen molar-refractivity contribution < 1.29 is 0 Å². The number of nitrogens with zero attached hydrogens (tertiary/aromatic N) is 2. The molecule has 4 nitrogen and oxygen atoms in total. The summed E-state index contributed by atoms with van der Waals surface area (Å²) in [6, 6.07) is 0.547. The van der Waals surface area contributed by atoms with E-state index >= 15 is 0 Å². The third-order valence-corrected chi connectivity index (χ3v) is 4.32. The summed E-state index contributed by atoms with van der Waals surface area (Å²) in [6.45, 7) is 15.6. The van der Waals surface area contributed by atoms with Gasteiger partial charge in [-0.1, -0.05) is 32.8 Å². The van der Waals surface area contributed by atoms with Crippen molar-refractivity contribution in [1.82, 2.24) is 15.5 Å². The number of hydrogen-bond donors (Lipinski definition) is 2. The van der Waals surface area contributed by atoms with Crippen molar-refractivity contribution in [1.29, 1.82) is 0 Å². The molecule has 0 aromatic heterocycles. The van der Waals surface area contributed by atoms with E-state index < -0.39 is 0 Å². The molecule has 1 heterocycles. The second-order valence-corrected chi connectivity index (χ2v) is 5.91. The summed E-state index contributed by atoms with van der Waals surface area (Å²) in [6.07, 6.45) is 6.78. The molecule has 1 aliphatic heterocycles. The molecule has 0 radical (unpaired) electrons. The minimum atomic E-state index is 0.547. The molecule has 1 rings (SSSR count). The lowest BCUT2D eigenvalue weighted by molar-refractivity contribution is 0.225. The van der Waals surface area contributed by atoms with Crippen molar-refractivity contribution in [3.05, 3.63) is 12.7 Å². The Morgan fingerprint density at radius 3 is 2.48 bits per heavy atom. The lowest BCUT2D eigenvalue weighted by Gasteiger charge is -2.32. The molecular formula is C17H34N4. The van der Waals surface area contributed by atoms with Gasteiger partial charge in [0, 0.05) is 38.8 Å². The Hall–Kier alpha value is -1.03. The SMILES string of the molecule is C=CCN1CCC(NC(=NCC(CC)CC)NCC)CC1. The van der Waals surface area contributed by atoms with Crippen LogP contribution in [0.15, 0.2) is 17.6 Å². The summed E-state index contributed by atoms with van der Waals surface area (Å²) in [5.74, 6) is 1.70. The molecule has 0 aromatic carbocycles. The third kappa shape index (κ3) is 6.98. The van der Waals surface area contributed by atoms with Gasteiger partial charge in [0.2, 0.25) is 0 Å². The second-order valence-electron chi connectivity index (χ2n) is 5.91. The maximum Gasteiger partial charge on any atom is 0.191 e. The normalized spacial score (nSPS) is 18.0. The molecule has 1 saturated heterocycles. The predicted octanol–water partition coefficient (Wildman–Crippen LogP) is 2.63. The van der Waals surface area contributed by atoms with Gasteiger partial charge in [0.05, 0.1) is 0 Å². The Kier molecular flexibility index (Phi) is 9.15. The molecule has 0 spiro atoms. The summed E-state index contributed by atoms with van der Waals surface area (Å²) < 4.78 is 0. The number of nitrogens with one attached hydrogen (secondary N) is 2. The molecule has 0 bridgehead atoms. The Labute approximate surface area is 131 Å². The van der Waals surface area contributed by atoms with Crippen LogP contribution in [0.2, 0.25) is 0 Å². The molecule has 21 heavy (non-hydrogen) atoms. The summed E-state index contributed by atoms with van der Waals surface area (Å²) >= 11 is 0. The van der Waals surface area contributed by atoms with Crippen molar-refractivity contribution in [2.75, 3.05) is 32.7 Å². The smallest absolute Gasteiger partial charge is 0.191 e. The molecular weight excluding hydrogens is 260 g/mol. The number of rotatable bonds is 8. The van der Waals surface area contributed by atoms with E-state index in [-0.39, 0.29) is 0 Å². The zero-order chi connectivity index (χ0) is 15.5. The Morgan fingerprint density at radius 1 is 1.29 bits per heavy atom. The van der Waals surface area contributed by atoms with Gasteiger partial charge in [0.25, 0.3) is 0 Å². The molecule has 2 N–H and O–H groups in total. The third-order valence-electron chi connectivity index (χ3n) is 4.32. The first kappa shape index (κ1) is 18.0. The van der Waals surface area contributed by atoms with Crippen LogP contribution < -0.4 is 10.6 Å². The monoisotopic (exact) mass is 294 g/mol. The van der Waals surface area contributed by atoms with Gasteiger partial charge < -0.3 is 10.6 Å². The van der Waals surface area contributed by atoms with Crippen LogP contribution in [0.1, 0.15) is 46.5 Å². The highest BCUT2D eigenvalue weighted by atomic mass is 15.2. The number of hydrogen-bond acceptors (Lipinski definition) is 2. The van der Waals surface area contributed by atoms with Crippen molar-refractivity contribution in [2.24, 2.45) is 10.9 Å². The fourth-order valence-corrected chi connectivity index (χ4v) is 2.72. The first-order chi connectivity index (χ1) is 10.2. The zero-order valence-corrected chi connectivity index (χ0v) is 14.2. The van der Waals surface area contributed by atoms with Crippen molar-refractivity contribution in [3.63, 3.8) is 0 Å². The van der Waals surface area contributed by atoms with Gasteiger partial charge in [0.1, 0.15) is 0 Å². The molecule has 0 atom stereocenters. The van der Waals surface area contributed by atoms with Gasteiger partial charge >= 0.3 is 0 Å². The van der Waals surface area contributed by atoms with E-state index in [0.717, 1.165) is 38.7 Å². The van der Waals surface area contributed by atoms with E-state index in [1.54, 1.807) is 0 Å². The van der Waals surface area contributed by atoms with Gasteiger partial charge in [-0.3, -0.25) is 9.89 Å². The lowest BCUT2D eigenvalue weighted by atomic mass is 10.0. The van der Waals surface area contributed by atoms with E-state index in [2.05, 4.69) is 42.9 Å². The van der Waals surface area contributed by atoms with Crippen LogP contribution in [0.3, 0.4) is 0 Å². The zero-order valence-electron chi connectivity index (χ0n) is 14.2. The quantitative estimate of drug-likeness (QED) is 0.411. The van der Waals surface area contributed by atoms with Crippen LogP contribution in [0.5, 0.6) is 0 Å². The van der Waals surface area contributed by atoms with Gasteiger partial charge in [-0.05, 0) is 25.7 Å². The van der Waals surface area contributed by atoms with Crippen LogP contribution >= 0.6 is 0 Å². The van der Waals surface area contributed by atoms with Crippen LogP contribution in [0.25, 0.3) is 0 Å². The summed E-state index contributed by atoms with van der Waals surface area (Å²) in [7, 11) is 0. The maximum absolute atomic E-state index is 4.77. The molecule has 122 valence electrons. The van der Waals surface area contributed by atoms with E-state index in [9.17, 15) is 0 Å². The predicted molar refractivity (Wildman–Crippen MR) is 92.8 cm³/mol. The summed E-state index contributed by atoms with van der Waals surface area (Å²) in [5.41, 5.74) is 0. The Balaban J connectivity index is 2.43. The molecule has 0 unspecified atom stereocenters. The average Bonchev–Trinajstić information content (AvgIpc) is 2.50. The van der Waals surface area contributed by atoms with Gasteiger partial charge in [-0.2, -0.15) is 0 Å². The molecule has 1 aliphatic rings. The highest BCUT2D eigenvalue weighted by molar-refractivity contribution is 5.80. The highest BCUT2D eigenvalue weighted by Crippen LogP contribution is 2.10. The van der Waals surface area contributed by atoms with Crippen LogP contribution in [0.4, 0.5) is 0 Å². The Morgan fingerprint density at radius 2 is 1.95 bits per heavy atom. The van der Waals surface area contributed by atoms with Gasteiger partial charge in [0.15, 0.2) is 5.96 Å². The number of likely N-dealkylation sites (tertiary alicyclic amines) is 1. The van der Waals surface area contributed by atoms with Crippen LogP contribution in [0, 0.1) is 5.92 Å². The topological polar surface area (TPSA) is 39.7 Å². The first-order valence-electron chi connectivity index (χ1n) is 8.61. The number of piperidine rings is 1. The lowest BCUT2D eigenvalue weighted by Crippen LogP contribution is -2.48. The molecule has 0 aliphatic carbocycles. The minimum absolute atomic E-state index is 0.547. The largest absolute Gasteiger partial charge is 0.357 e. The molecule has 1 fully saturated rings. The molecule has 0 amide bonds. The van der Waals surface area contributed by atoms with E-state index in [1.165, 1.54) is 25.7 Å². The number of aliphatic imine (C=N–C) groups is 1. The molecule has 0 saturated carbocycles. The van der Waals surface area contributed by atoms with Crippen LogP contribution in [-0.4, -0.2) is 49.6 Å². The fourth-order valence-electron chi connectivity index (χ4n) is 2.72. The second kappa shape index (κ2) is 10.7. The minimum Gasteiger partial charge on any atom is -0.357 e. The maximum atomic E-state index is 4.77. The first-order valence-corrected chi connectivity index (χ1v) is 8.61. The van der Waals surface area contributed by atoms with Crippen molar-refractivity contribution >= 4 is 5.96 Å².